The van der Waals surface area contributed by atoms with Crippen molar-refractivity contribution in [1.29, 1.82) is 0 Å². The Kier molecular flexibility index (Phi) is 1.34. The van der Waals surface area contributed by atoms with Gasteiger partial charge in [0.15, 0.2) is 0 Å². The van der Waals surface area contributed by atoms with Crippen LogP contribution in [0.1, 0.15) is 46.9 Å². The lowest BCUT2D eigenvalue weighted by Gasteiger charge is -3.13. The zero-order chi connectivity index (χ0) is 16.2. The third-order valence-electron chi connectivity index (χ3n) is 11.4. The summed E-state index contributed by atoms with van der Waals surface area (Å²) in [7, 11) is 0. The molecule has 2 aromatic rings. The van der Waals surface area contributed by atoms with Gasteiger partial charge in [0.05, 0.1) is 0 Å². The number of benzene rings is 2. The van der Waals surface area contributed by atoms with Gasteiger partial charge in [-0.2, -0.15) is 0 Å². The quantitative estimate of drug-likeness (QED) is 0.588. The van der Waals surface area contributed by atoms with Crippen molar-refractivity contribution in [3.05, 3.63) is 81.9 Å². The Balaban J connectivity index is 1.28. The molecule has 0 nitrogen and oxygen atoms in total. The number of rotatable bonds is 0. The van der Waals surface area contributed by atoms with Gasteiger partial charge in [-0.3, -0.25) is 0 Å². The van der Waals surface area contributed by atoms with Crippen molar-refractivity contribution in [1.82, 2.24) is 0 Å². The van der Waals surface area contributed by atoms with Crippen molar-refractivity contribution in [3.8, 4) is 0 Å². The second kappa shape index (κ2) is 2.95. The van der Waals surface area contributed by atoms with Crippen molar-refractivity contribution in [3.63, 3.8) is 0 Å². The minimum Gasteiger partial charge on any atom is -0.0619 e. The average molecular weight is 332 g/mol. The van der Waals surface area contributed by atoms with Gasteiger partial charge in [-0.05, 0) is 81.4 Å². The van der Waals surface area contributed by atoms with E-state index in [2.05, 4.69) is 48.5 Å². The van der Waals surface area contributed by atoms with E-state index in [1.165, 1.54) is 48.3 Å². The van der Waals surface area contributed by atoms with Gasteiger partial charge in [-0.15, -0.1) is 0 Å². The minimum atomic E-state index is 0.584. The number of hydrogen-bond donors (Lipinski definition) is 0. The maximum Gasteiger partial charge on any atom is 0.0308 e. The van der Waals surface area contributed by atoms with Crippen molar-refractivity contribution >= 4 is 0 Å². The predicted molar refractivity (Wildman–Crippen MR) is 98.6 cm³/mol. The molecule has 10 aliphatic rings. The molecule has 10 aliphatic carbocycles. The van der Waals surface area contributed by atoms with Crippen molar-refractivity contribution in [2.45, 2.75) is 24.7 Å². The van der Waals surface area contributed by atoms with Gasteiger partial charge in [0.25, 0.3) is 0 Å². The molecular weight excluding hydrogens is 312 g/mol. The molecule has 26 heavy (non-hydrogen) atoms. The Labute approximate surface area is 153 Å². The normalized spacial score (nSPS) is 57.8. The van der Waals surface area contributed by atoms with Crippen LogP contribution in [0.4, 0.5) is 0 Å². The molecule has 6 fully saturated rings. The molecule has 12 rings (SSSR count). The minimum absolute atomic E-state index is 0.584. The molecule has 6 saturated carbocycles. The highest BCUT2D eigenvalue weighted by Crippen LogP contribution is 3.13. The molecule has 2 spiro atoms. The van der Waals surface area contributed by atoms with Gasteiger partial charge in [-0.25, -0.2) is 0 Å². The zero-order valence-electron chi connectivity index (χ0n) is 14.7. The molecule has 4 atom stereocenters. The van der Waals surface area contributed by atoms with Crippen molar-refractivity contribution < 1.29 is 0 Å². The molecule has 0 aromatic heterocycles. The number of hydrogen-bond acceptors (Lipinski definition) is 0. The predicted octanol–water partition coefficient (Wildman–Crippen LogP) is 5.11. The smallest absolute Gasteiger partial charge is 0.0308 e. The molecule has 0 amide bonds. The Hall–Kier alpha value is -1.82. The topological polar surface area (TPSA) is 0 Å². The van der Waals surface area contributed by atoms with Crippen LogP contribution in [0.2, 0.25) is 0 Å². The van der Waals surface area contributed by atoms with E-state index in [9.17, 15) is 0 Å². The van der Waals surface area contributed by atoms with Crippen LogP contribution in [0.25, 0.3) is 0 Å². The van der Waals surface area contributed by atoms with Crippen LogP contribution < -0.4 is 0 Å². The van der Waals surface area contributed by atoms with Crippen LogP contribution >= 0.6 is 0 Å². The van der Waals surface area contributed by atoms with E-state index in [-0.39, 0.29) is 0 Å². The van der Waals surface area contributed by atoms with Crippen LogP contribution in [0.15, 0.2) is 59.7 Å². The maximum absolute atomic E-state index is 2.44. The third kappa shape index (κ3) is 0.700. The largest absolute Gasteiger partial charge is 0.0619 e. The molecule has 4 unspecified atom stereocenters. The molecule has 0 aliphatic heterocycles. The zero-order valence-corrected chi connectivity index (χ0v) is 14.7. The van der Waals surface area contributed by atoms with E-state index in [0.29, 0.717) is 11.8 Å². The maximum atomic E-state index is 2.44. The first-order chi connectivity index (χ1) is 12.9. The molecular formula is C26H20. The first-order valence-corrected chi connectivity index (χ1v) is 10.8. The Bertz CT molecular complexity index is 1010. The lowest BCUT2D eigenvalue weighted by atomic mass is 8.90. The Morgan fingerprint density at radius 2 is 0.885 bits per heavy atom. The highest BCUT2D eigenvalue weighted by Gasteiger charge is 3.09. The number of allylic oxidation sites excluding steroid dienone is 2. The first kappa shape index (κ1) is 11.8. The van der Waals surface area contributed by atoms with Gasteiger partial charge in [0, 0.05) is 11.8 Å². The van der Waals surface area contributed by atoms with Gasteiger partial charge >= 0.3 is 0 Å². The summed E-state index contributed by atoms with van der Waals surface area (Å²) in [4.78, 5) is 0. The van der Waals surface area contributed by atoms with Crippen molar-refractivity contribution in [2.24, 2.45) is 46.3 Å². The molecule has 124 valence electrons. The Morgan fingerprint density at radius 1 is 0.538 bits per heavy atom. The second-order valence-corrected chi connectivity index (χ2v) is 10.9. The molecule has 2 aromatic carbocycles. The molecule has 0 heteroatoms. The summed E-state index contributed by atoms with van der Waals surface area (Å²) in [5, 5.41) is 0. The van der Waals surface area contributed by atoms with Gasteiger partial charge in [0.2, 0.25) is 0 Å². The monoisotopic (exact) mass is 332 g/mol. The molecule has 2 bridgehead atoms. The van der Waals surface area contributed by atoms with Crippen molar-refractivity contribution in [2.75, 3.05) is 0 Å². The highest BCUT2D eigenvalue weighted by molar-refractivity contribution is 5.69. The SMILES string of the molecule is c1ccc2c(c1)C1C3=C(CC45C6C7C8C6C4(C3)C8C75)C2c2ccccc21. The highest BCUT2D eigenvalue weighted by atomic mass is 15.1. The molecule has 0 heterocycles. The lowest BCUT2D eigenvalue weighted by Crippen LogP contribution is -3.10. The summed E-state index contributed by atoms with van der Waals surface area (Å²) in [6, 6.07) is 18.9. The van der Waals surface area contributed by atoms with Crippen LogP contribution in [-0.4, -0.2) is 0 Å². The molecule has 0 radical (unpaired) electrons. The second-order valence-electron chi connectivity index (χ2n) is 10.9. The summed E-state index contributed by atoms with van der Waals surface area (Å²) in [6.07, 6.45) is 2.97. The summed E-state index contributed by atoms with van der Waals surface area (Å²) >= 11 is 0. The van der Waals surface area contributed by atoms with Gasteiger partial charge < -0.3 is 0 Å². The fourth-order valence-electron chi connectivity index (χ4n) is 11.4. The summed E-state index contributed by atoms with van der Waals surface area (Å²) < 4.78 is 0. The lowest BCUT2D eigenvalue weighted by molar-refractivity contribution is -0.663. The van der Waals surface area contributed by atoms with E-state index in [1.54, 1.807) is 22.3 Å². The van der Waals surface area contributed by atoms with E-state index < -0.39 is 0 Å². The van der Waals surface area contributed by atoms with Crippen LogP contribution in [0, 0.1) is 46.3 Å². The fraction of sp³-hybridized carbons (Fsp3) is 0.462. The van der Waals surface area contributed by atoms with Crippen LogP contribution in [-0.2, 0) is 0 Å². The summed E-state index contributed by atoms with van der Waals surface area (Å²) in [5.41, 5.74) is 12.0. The average Bonchev–Trinajstić information content (AvgIpc) is 2.70. The van der Waals surface area contributed by atoms with E-state index in [0.717, 1.165) is 10.8 Å². The van der Waals surface area contributed by atoms with Crippen LogP contribution in [0.5, 0.6) is 0 Å². The van der Waals surface area contributed by atoms with E-state index >= 15 is 0 Å². The third-order valence-corrected chi connectivity index (χ3v) is 11.4. The molecule has 0 saturated heterocycles. The van der Waals surface area contributed by atoms with Gasteiger partial charge in [-0.1, -0.05) is 59.7 Å². The van der Waals surface area contributed by atoms with Gasteiger partial charge in [0.1, 0.15) is 0 Å². The molecule has 0 N–H and O–H groups in total. The first-order valence-electron chi connectivity index (χ1n) is 10.8. The summed E-state index contributed by atoms with van der Waals surface area (Å²) in [5.74, 6) is 8.33. The van der Waals surface area contributed by atoms with E-state index in [4.69, 9.17) is 0 Å². The van der Waals surface area contributed by atoms with E-state index in [1.807, 2.05) is 11.1 Å². The van der Waals surface area contributed by atoms with Crippen LogP contribution in [0.3, 0.4) is 0 Å². The summed E-state index contributed by atoms with van der Waals surface area (Å²) in [6.45, 7) is 0. The standard InChI is InChI=1S/C26H20/c1-2-6-12-11(5-1)17-13-7-3-4-8-14(13)18(12)16-10-26-23-20-19-21(23)25(26,9-15(16)17)22(19)24(20)26/h1-8,17-24H,9-10H2. The Morgan fingerprint density at radius 3 is 1.23 bits per heavy atom. The fourth-order valence-corrected chi connectivity index (χ4v) is 11.4.